The van der Waals surface area contributed by atoms with Gasteiger partial charge >= 0.3 is 0 Å². The zero-order valence-electron chi connectivity index (χ0n) is 28.3. The fourth-order valence-corrected chi connectivity index (χ4v) is 8.01. The van der Waals surface area contributed by atoms with Crippen molar-refractivity contribution in [2.45, 2.75) is 19.3 Å². The molecule has 0 saturated carbocycles. The fraction of sp³-hybridized carbons (Fsp3) is 0.0612. The highest BCUT2D eigenvalue weighted by molar-refractivity contribution is 6.06. The summed E-state index contributed by atoms with van der Waals surface area (Å²) in [5.41, 5.74) is 15.9. The average Bonchev–Trinajstić information content (AvgIpc) is 3.43. The van der Waals surface area contributed by atoms with Crippen LogP contribution in [0, 0.1) is 0 Å². The van der Waals surface area contributed by atoms with Crippen molar-refractivity contribution in [3.63, 3.8) is 0 Å². The van der Waals surface area contributed by atoms with Gasteiger partial charge in [0, 0.05) is 22.4 Å². The second-order valence-electron chi connectivity index (χ2n) is 13.8. The molecule has 0 radical (unpaired) electrons. The molecule has 0 N–H and O–H groups in total. The van der Waals surface area contributed by atoms with Gasteiger partial charge in [-0.1, -0.05) is 166 Å². The standard InChI is InChI=1S/C49H37N/c1-49(2)45-26-12-11-25-44(45)47-46(33-40-19-9-10-24-43(40)48(47)49)50(41-29-27-36(28-30-41)34-15-5-3-6-16-34)42-23-14-22-39(32-42)38-21-13-20-37(31-38)35-17-7-4-8-18-35/h3-33H,1-2H3. The van der Waals surface area contributed by atoms with Crippen LogP contribution in [0.1, 0.15) is 25.0 Å². The zero-order valence-corrected chi connectivity index (χ0v) is 28.3. The molecule has 0 atom stereocenters. The van der Waals surface area contributed by atoms with Crippen LogP contribution >= 0.6 is 0 Å². The van der Waals surface area contributed by atoms with Gasteiger partial charge in [0.2, 0.25) is 0 Å². The summed E-state index contributed by atoms with van der Waals surface area (Å²) in [6, 6.07) is 68.5. The van der Waals surface area contributed by atoms with E-state index in [4.69, 9.17) is 0 Å². The summed E-state index contributed by atoms with van der Waals surface area (Å²) in [5.74, 6) is 0. The highest BCUT2D eigenvalue weighted by Crippen LogP contribution is 2.56. The SMILES string of the molecule is CC1(C)c2ccccc2-c2c(N(c3ccc(-c4ccccc4)cc3)c3cccc(-c4cccc(-c5ccccc5)c4)c3)cc3ccccc3c21. The maximum atomic E-state index is 2.47. The van der Waals surface area contributed by atoms with Crippen LogP contribution in [0.3, 0.4) is 0 Å². The molecule has 238 valence electrons. The molecular weight excluding hydrogens is 603 g/mol. The van der Waals surface area contributed by atoms with Crippen LogP contribution in [-0.4, -0.2) is 0 Å². The Morgan fingerprint density at radius 1 is 0.400 bits per heavy atom. The Bertz CT molecular complexity index is 2490. The third-order valence-corrected chi connectivity index (χ3v) is 10.4. The Labute approximate surface area is 294 Å². The topological polar surface area (TPSA) is 3.24 Å². The number of hydrogen-bond acceptors (Lipinski definition) is 1. The van der Waals surface area contributed by atoms with E-state index < -0.39 is 0 Å². The van der Waals surface area contributed by atoms with E-state index in [1.165, 1.54) is 72.1 Å². The van der Waals surface area contributed by atoms with Crippen molar-refractivity contribution in [1.82, 2.24) is 0 Å². The third kappa shape index (κ3) is 5.02. The van der Waals surface area contributed by atoms with Crippen LogP contribution in [0.4, 0.5) is 17.1 Å². The molecule has 8 aromatic rings. The van der Waals surface area contributed by atoms with Crippen molar-refractivity contribution in [2.75, 3.05) is 4.90 Å². The van der Waals surface area contributed by atoms with Gasteiger partial charge in [0.05, 0.1) is 5.69 Å². The third-order valence-electron chi connectivity index (χ3n) is 10.4. The van der Waals surface area contributed by atoms with E-state index in [1.54, 1.807) is 0 Å². The van der Waals surface area contributed by atoms with E-state index in [0.717, 1.165) is 11.4 Å². The smallest absolute Gasteiger partial charge is 0.0549 e. The van der Waals surface area contributed by atoms with Gasteiger partial charge in [0.15, 0.2) is 0 Å². The summed E-state index contributed by atoms with van der Waals surface area (Å²) < 4.78 is 0. The van der Waals surface area contributed by atoms with Crippen LogP contribution < -0.4 is 4.90 Å². The van der Waals surface area contributed by atoms with Gasteiger partial charge in [-0.15, -0.1) is 0 Å². The Morgan fingerprint density at radius 3 is 1.68 bits per heavy atom. The molecule has 50 heavy (non-hydrogen) atoms. The first-order valence-electron chi connectivity index (χ1n) is 17.4. The van der Waals surface area contributed by atoms with Crippen LogP contribution in [0.15, 0.2) is 188 Å². The van der Waals surface area contributed by atoms with Gasteiger partial charge in [-0.2, -0.15) is 0 Å². The maximum Gasteiger partial charge on any atom is 0.0549 e. The Balaban J connectivity index is 1.28. The van der Waals surface area contributed by atoms with Crippen LogP contribution in [0.5, 0.6) is 0 Å². The predicted molar refractivity (Wildman–Crippen MR) is 213 cm³/mol. The van der Waals surface area contributed by atoms with Crippen molar-refractivity contribution < 1.29 is 0 Å². The number of anilines is 3. The van der Waals surface area contributed by atoms with E-state index in [2.05, 4.69) is 207 Å². The Hall–Kier alpha value is -6.18. The normalized spacial score (nSPS) is 12.8. The van der Waals surface area contributed by atoms with Gasteiger partial charge in [-0.3, -0.25) is 0 Å². The van der Waals surface area contributed by atoms with Gasteiger partial charge in [-0.05, 0) is 97.2 Å². The van der Waals surface area contributed by atoms with Crippen LogP contribution in [0.25, 0.3) is 55.3 Å². The zero-order chi connectivity index (χ0) is 33.7. The van der Waals surface area contributed by atoms with Crippen molar-refractivity contribution in [2.24, 2.45) is 0 Å². The predicted octanol–water partition coefficient (Wildman–Crippen LogP) is 13.6. The first kappa shape index (κ1) is 29.9. The van der Waals surface area contributed by atoms with E-state index in [0.29, 0.717) is 0 Å². The quantitative estimate of drug-likeness (QED) is 0.175. The number of hydrogen-bond donors (Lipinski definition) is 0. The minimum absolute atomic E-state index is 0.149. The molecule has 1 aliphatic rings. The first-order chi connectivity index (χ1) is 24.6. The number of benzene rings is 8. The van der Waals surface area contributed by atoms with Gasteiger partial charge in [0.25, 0.3) is 0 Å². The molecule has 1 nitrogen and oxygen atoms in total. The molecule has 0 spiro atoms. The molecule has 1 aliphatic carbocycles. The van der Waals surface area contributed by atoms with E-state index in [-0.39, 0.29) is 5.41 Å². The largest absolute Gasteiger partial charge is 0.310 e. The summed E-state index contributed by atoms with van der Waals surface area (Å²) in [6.07, 6.45) is 0. The second-order valence-corrected chi connectivity index (χ2v) is 13.8. The number of nitrogens with zero attached hydrogens (tertiary/aromatic N) is 1. The van der Waals surface area contributed by atoms with E-state index >= 15 is 0 Å². The maximum absolute atomic E-state index is 2.47. The minimum Gasteiger partial charge on any atom is -0.310 e. The Kier molecular flexibility index (Phi) is 7.21. The molecule has 1 heteroatoms. The molecule has 0 aromatic heterocycles. The van der Waals surface area contributed by atoms with Crippen molar-refractivity contribution in [3.8, 4) is 44.5 Å². The first-order valence-corrected chi connectivity index (χ1v) is 17.4. The lowest BCUT2D eigenvalue weighted by atomic mass is 9.80. The molecule has 0 bridgehead atoms. The highest BCUT2D eigenvalue weighted by Gasteiger charge is 2.39. The highest BCUT2D eigenvalue weighted by atomic mass is 15.1. The van der Waals surface area contributed by atoms with Crippen molar-refractivity contribution in [3.05, 3.63) is 199 Å². The van der Waals surface area contributed by atoms with Crippen LogP contribution in [0.2, 0.25) is 0 Å². The van der Waals surface area contributed by atoms with Crippen LogP contribution in [-0.2, 0) is 5.41 Å². The molecular formula is C49H37N. The number of rotatable bonds is 6. The van der Waals surface area contributed by atoms with E-state index in [1.807, 2.05) is 0 Å². The number of fused-ring (bicyclic) bond motifs is 5. The summed E-state index contributed by atoms with van der Waals surface area (Å²) in [5, 5.41) is 2.57. The van der Waals surface area contributed by atoms with E-state index in [9.17, 15) is 0 Å². The summed E-state index contributed by atoms with van der Waals surface area (Å²) in [6.45, 7) is 4.76. The Morgan fingerprint density at radius 2 is 0.940 bits per heavy atom. The fourth-order valence-electron chi connectivity index (χ4n) is 8.01. The average molecular weight is 640 g/mol. The monoisotopic (exact) mass is 639 g/mol. The molecule has 0 fully saturated rings. The molecule has 0 saturated heterocycles. The summed E-state index contributed by atoms with van der Waals surface area (Å²) in [7, 11) is 0. The van der Waals surface area contributed by atoms with Gasteiger partial charge in [0.1, 0.15) is 0 Å². The van der Waals surface area contributed by atoms with Gasteiger partial charge in [-0.25, -0.2) is 0 Å². The lowest BCUT2D eigenvalue weighted by Gasteiger charge is -2.30. The molecule has 0 aliphatic heterocycles. The second kappa shape index (κ2) is 12.1. The summed E-state index contributed by atoms with van der Waals surface area (Å²) >= 11 is 0. The van der Waals surface area contributed by atoms with Crippen molar-refractivity contribution in [1.29, 1.82) is 0 Å². The van der Waals surface area contributed by atoms with Crippen molar-refractivity contribution >= 4 is 27.8 Å². The lowest BCUT2D eigenvalue weighted by molar-refractivity contribution is 0.666. The minimum atomic E-state index is -0.149. The summed E-state index contributed by atoms with van der Waals surface area (Å²) in [4.78, 5) is 2.47. The lowest BCUT2D eigenvalue weighted by Crippen LogP contribution is -2.17. The van der Waals surface area contributed by atoms with Gasteiger partial charge < -0.3 is 4.90 Å². The molecule has 0 amide bonds. The molecule has 0 unspecified atom stereocenters. The molecule has 8 aromatic carbocycles. The molecule has 0 heterocycles. The molecule has 9 rings (SSSR count).